The van der Waals surface area contributed by atoms with Gasteiger partial charge in [-0.3, -0.25) is 4.79 Å². The van der Waals surface area contributed by atoms with Crippen molar-refractivity contribution >= 4 is 11.8 Å². The van der Waals surface area contributed by atoms with Gasteiger partial charge in [-0.15, -0.1) is 0 Å². The molecule has 1 aliphatic heterocycles. The first-order valence-corrected chi connectivity index (χ1v) is 6.13. The van der Waals surface area contributed by atoms with Crippen LogP contribution < -0.4 is 9.64 Å². The van der Waals surface area contributed by atoms with Crippen molar-refractivity contribution < 1.29 is 14.6 Å². The zero-order valence-corrected chi connectivity index (χ0v) is 10.4. The molecule has 1 aliphatic rings. The van der Waals surface area contributed by atoms with Gasteiger partial charge in [-0.05, 0) is 12.8 Å². The monoisotopic (exact) mass is 251 g/mol. The third kappa shape index (κ3) is 2.88. The standard InChI is InChI=1S/C12H17N3O3/c1-2-5-18-11-6-10(13-8-14-11)15-4-3-9(7-15)12(16)17/h6,8-9H,2-5,7H2,1H3,(H,16,17). The third-order valence-corrected chi connectivity index (χ3v) is 2.94. The Morgan fingerprint density at radius 1 is 1.61 bits per heavy atom. The zero-order valence-electron chi connectivity index (χ0n) is 10.4. The highest BCUT2D eigenvalue weighted by molar-refractivity contribution is 5.71. The van der Waals surface area contributed by atoms with E-state index >= 15 is 0 Å². The summed E-state index contributed by atoms with van der Waals surface area (Å²) in [6.45, 7) is 3.86. The van der Waals surface area contributed by atoms with Crippen molar-refractivity contribution in [3.05, 3.63) is 12.4 Å². The predicted octanol–water partition coefficient (Wildman–Crippen LogP) is 1.18. The number of aromatic nitrogens is 2. The van der Waals surface area contributed by atoms with Crippen LogP contribution in [0.1, 0.15) is 19.8 Å². The van der Waals surface area contributed by atoms with E-state index in [4.69, 9.17) is 9.84 Å². The summed E-state index contributed by atoms with van der Waals surface area (Å²) in [4.78, 5) is 21.1. The van der Waals surface area contributed by atoms with Gasteiger partial charge in [-0.2, -0.15) is 0 Å². The fourth-order valence-corrected chi connectivity index (χ4v) is 1.96. The topological polar surface area (TPSA) is 75.5 Å². The molecule has 6 nitrogen and oxygen atoms in total. The van der Waals surface area contributed by atoms with Gasteiger partial charge in [0.05, 0.1) is 12.5 Å². The summed E-state index contributed by atoms with van der Waals surface area (Å²) >= 11 is 0. The van der Waals surface area contributed by atoms with Gasteiger partial charge in [-0.1, -0.05) is 6.92 Å². The summed E-state index contributed by atoms with van der Waals surface area (Å²) in [6, 6.07) is 1.76. The van der Waals surface area contributed by atoms with Crippen LogP contribution in [0.5, 0.6) is 5.88 Å². The van der Waals surface area contributed by atoms with E-state index in [1.54, 1.807) is 6.07 Å². The van der Waals surface area contributed by atoms with Crippen LogP contribution in [0, 0.1) is 5.92 Å². The molecule has 2 heterocycles. The predicted molar refractivity (Wildman–Crippen MR) is 65.8 cm³/mol. The quantitative estimate of drug-likeness (QED) is 0.846. The fourth-order valence-electron chi connectivity index (χ4n) is 1.96. The first-order chi connectivity index (χ1) is 8.70. The molecular formula is C12H17N3O3. The van der Waals surface area contributed by atoms with Gasteiger partial charge in [0.25, 0.3) is 0 Å². The number of nitrogens with zero attached hydrogens (tertiary/aromatic N) is 3. The molecule has 0 amide bonds. The Kier molecular flexibility index (Phi) is 3.96. The van der Waals surface area contributed by atoms with Crippen LogP contribution in [0.4, 0.5) is 5.82 Å². The highest BCUT2D eigenvalue weighted by atomic mass is 16.5. The van der Waals surface area contributed by atoms with Crippen molar-refractivity contribution in [1.82, 2.24) is 9.97 Å². The summed E-state index contributed by atoms with van der Waals surface area (Å²) in [5.41, 5.74) is 0. The maximum Gasteiger partial charge on any atom is 0.308 e. The average molecular weight is 251 g/mol. The first kappa shape index (κ1) is 12.6. The van der Waals surface area contributed by atoms with Crippen molar-refractivity contribution in [2.45, 2.75) is 19.8 Å². The maximum absolute atomic E-state index is 10.9. The maximum atomic E-state index is 10.9. The molecule has 0 aromatic carbocycles. The summed E-state index contributed by atoms with van der Waals surface area (Å²) in [5.74, 6) is 0.231. The Bertz CT molecular complexity index is 425. The van der Waals surface area contributed by atoms with Crippen LogP contribution in [0.3, 0.4) is 0 Å². The van der Waals surface area contributed by atoms with Crippen LogP contribution >= 0.6 is 0 Å². The lowest BCUT2D eigenvalue weighted by atomic mass is 10.1. The Morgan fingerprint density at radius 2 is 2.44 bits per heavy atom. The lowest BCUT2D eigenvalue weighted by Crippen LogP contribution is -2.23. The molecule has 0 bridgehead atoms. The van der Waals surface area contributed by atoms with Crippen molar-refractivity contribution in [2.24, 2.45) is 5.92 Å². The number of ether oxygens (including phenoxy) is 1. The third-order valence-electron chi connectivity index (χ3n) is 2.94. The van der Waals surface area contributed by atoms with Crippen molar-refractivity contribution in [3.63, 3.8) is 0 Å². The molecule has 1 saturated heterocycles. The van der Waals surface area contributed by atoms with Crippen molar-refractivity contribution in [1.29, 1.82) is 0 Å². The molecule has 0 radical (unpaired) electrons. The van der Waals surface area contributed by atoms with E-state index in [9.17, 15) is 4.79 Å². The van der Waals surface area contributed by atoms with Gasteiger partial charge in [0.15, 0.2) is 0 Å². The summed E-state index contributed by atoms with van der Waals surface area (Å²) in [7, 11) is 0. The number of rotatable bonds is 5. The minimum atomic E-state index is -0.742. The molecule has 1 N–H and O–H groups in total. The van der Waals surface area contributed by atoms with Gasteiger partial charge in [0.2, 0.25) is 5.88 Å². The Balaban J connectivity index is 2.03. The number of hydrogen-bond acceptors (Lipinski definition) is 5. The number of carbonyl (C=O) groups is 1. The van der Waals surface area contributed by atoms with E-state index in [1.807, 2.05) is 11.8 Å². The van der Waals surface area contributed by atoms with E-state index in [-0.39, 0.29) is 5.92 Å². The Hall–Kier alpha value is -1.85. The summed E-state index contributed by atoms with van der Waals surface area (Å²) < 4.78 is 5.44. The zero-order chi connectivity index (χ0) is 13.0. The lowest BCUT2D eigenvalue weighted by Gasteiger charge is -2.16. The molecule has 0 spiro atoms. The number of hydrogen-bond donors (Lipinski definition) is 1. The smallest absolute Gasteiger partial charge is 0.308 e. The molecule has 98 valence electrons. The minimum Gasteiger partial charge on any atom is -0.481 e. The first-order valence-electron chi connectivity index (χ1n) is 6.13. The van der Waals surface area contributed by atoms with E-state index in [2.05, 4.69) is 9.97 Å². The van der Waals surface area contributed by atoms with Gasteiger partial charge in [0.1, 0.15) is 12.1 Å². The normalized spacial score (nSPS) is 18.9. The van der Waals surface area contributed by atoms with Gasteiger partial charge in [0, 0.05) is 19.2 Å². The van der Waals surface area contributed by atoms with Gasteiger partial charge >= 0.3 is 5.97 Å². The molecular weight excluding hydrogens is 234 g/mol. The second kappa shape index (κ2) is 5.66. The lowest BCUT2D eigenvalue weighted by molar-refractivity contribution is -0.140. The molecule has 0 saturated carbocycles. The second-order valence-electron chi connectivity index (χ2n) is 4.33. The summed E-state index contributed by atoms with van der Waals surface area (Å²) in [5, 5.41) is 8.96. The van der Waals surface area contributed by atoms with Crippen LogP contribution in [-0.2, 0) is 4.79 Å². The molecule has 18 heavy (non-hydrogen) atoms. The molecule has 1 unspecified atom stereocenters. The number of carboxylic acid groups (broad SMARTS) is 1. The van der Waals surface area contributed by atoms with Crippen molar-refractivity contribution in [3.8, 4) is 5.88 Å². The SMILES string of the molecule is CCCOc1cc(N2CCC(C(=O)O)C2)ncn1. The van der Waals surface area contributed by atoms with Crippen LogP contribution in [-0.4, -0.2) is 40.7 Å². The Morgan fingerprint density at radius 3 is 3.11 bits per heavy atom. The fraction of sp³-hybridized carbons (Fsp3) is 0.583. The van der Waals surface area contributed by atoms with Gasteiger partial charge in [-0.25, -0.2) is 9.97 Å². The van der Waals surface area contributed by atoms with Crippen LogP contribution in [0.15, 0.2) is 12.4 Å². The van der Waals surface area contributed by atoms with Gasteiger partial charge < -0.3 is 14.7 Å². The molecule has 2 rings (SSSR count). The van der Waals surface area contributed by atoms with E-state index in [0.717, 1.165) is 12.2 Å². The molecule has 6 heteroatoms. The van der Waals surface area contributed by atoms with Crippen LogP contribution in [0.25, 0.3) is 0 Å². The van der Waals surface area contributed by atoms with Crippen LogP contribution in [0.2, 0.25) is 0 Å². The molecule has 1 fully saturated rings. The molecule has 1 aromatic rings. The number of carboxylic acids is 1. The minimum absolute atomic E-state index is 0.306. The van der Waals surface area contributed by atoms with E-state index < -0.39 is 5.97 Å². The largest absolute Gasteiger partial charge is 0.481 e. The highest BCUT2D eigenvalue weighted by Gasteiger charge is 2.28. The second-order valence-corrected chi connectivity index (χ2v) is 4.33. The van der Waals surface area contributed by atoms with E-state index in [0.29, 0.717) is 32.0 Å². The number of aliphatic carboxylic acids is 1. The molecule has 1 aromatic heterocycles. The Labute approximate surface area is 106 Å². The molecule has 1 atom stereocenters. The summed E-state index contributed by atoms with van der Waals surface area (Å²) in [6.07, 6.45) is 3.03. The highest BCUT2D eigenvalue weighted by Crippen LogP contribution is 2.23. The van der Waals surface area contributed by atoms with E-state index in [1.165, 1.54) is 6.33 Å². The number of anilines is 1. The average Bonchev–Trinajstić information content (AvgIpc) is 2.86. The molecule has 0 aliphatic carbocycles. The van der Waals surface area contributed by atoms with Crippen molar-refractivity contribution in [2.75, 3.05) is 24.6 Å².